The van der Waals surface area contributed by atoms with Crippen LogP contribution in [0.2, 0.25) is 5.02 Å². The Labute approximate surface area is 264 Å². The molecule has 2 bridgehead atoms. The highest BCUT2D eigenvalue weighted by atomic mass is 35.5. The number of hydrogen-bond acceptors (Lipinski definition) is 9. The summed E-state index contributed by atoms with van der Waals surface area (Å²) in [5, 5.41) is 2.58. The Bertz CT molecular complexity index is 1830. The number of carbonyl (C=O) groups excluding carboxylic acids is 1. The smallest absolute Gasteiger partial charge is 0.318 e. The number of anilines is 1. The van der Waals surface area contributed by atoms with E-state index in [2.05, 4.69) is 24.8 Å². The predicted octanol–water partition coefficient (Wildman–Crippen LogP) is 4.09. The van der Waals surface area contributed by atoms with Gasteiger partial charge in [-0.1, -0.05) is 48.0 Å². The molecule has 0 aliphatic carbocycles. The fourth-order valence-electron chi connectivity index (χ4n) is 7.10. The molecule has 0 N–H and O–H groups in total. The van der Waals surface area contributed by atoms with Gasteiger partial charge in [0, 0.05) is 73.9 Å². The summed E-state index contributed by atoms with van der Waals surface area (Å²) in [4.78, 5) is 33.3. The lowest BCUT2D eigenvalue weighted by Crippen LogP contribution is -2.72. The standard InChI is InChI=1S/C33H32ClFN6O4/c1-43-32-37-30-24(14-36-29(28(30)35)23-7-2-5-20-6-3-8-25(34)27(20)23)31(38-32)40-11-12-41(33(17-40)18-44-19-33)26(42)9-4-10-39-15-21-13-22(16-39)45-21/h2-9,14,21-22H,10-13,15-19H2,1H3/b9-4+. The number of benzene rings is 2. The van der Waals surface area contributed by atoms with Gasteiger partial charge in [-0.05, 0) is 11.5 Å². The summed E-state index contributed by atoms with van der Waals surface area (Å²) in [7, 11) is 1.46. The molecule has 2 aromatic heterocycles. The van der Waals surface area contributed by atoms with E-state index in [4.69, 9.17) is 25.8 Å². The predicted molar refractivity (Wildman–Crippen MR) is 168 cm³/mol. The summed E-state index contributed by atoms with van der Waals surface area (Å²) < 4.78 is 33.2. The second-order valence-electron chi connectivity index (χ2n) is 12.2. The van der Waals surface area contributed by atoms with Crippen LogP contribution in [-0.4, -0.2) is 108 Å². The fraction of sp³-hybridized carbons (Fsp3) is 0.394. The summed E-state index contributed by atoms with van der Waals surface area (Å²) in [5.41, 5.74) is 0.309. The monoisotopic (exact) mass is 630 g/mol. The third kappa shape index (κ3) is 4.89. The third-order valence-corrected chi connectivity index (χ3v) is 9.67. The zero-order valence-electron chi connectivity index (χ0n) is 24.8. The second kappa shape index (κ2) is 11.2. The van der Waals surface area contributed by atoms with Gasteiger partial charge in [-0.25, -0.2) is 4.39 Å². The van der Waals surface area contributed by atoms with E-state index in [9.17, 15) is 4.79 Å². The van der Waals surface area contributed by atoms with Crippen molar-refractivity contribution < 1.29 is 23.4 Å². The Kier molecular flexibility index (Phi) is 7.09. The van der Waals surface area contributed by atoms with E-state index in [-0.39, 0.29) is 23.1 Å². The van der Waals surface area contributed by atoms with Crippen molar-refractivity contribution in [2.24, 2.45) is 0 Å². The summed E-state index contributed by atoms with van der Waals surface area (Å²) >= 11 is 6.56. The highest BCUT2D eigenvalue weighted by Gasteiger charge is 2.50. The largest absolute Gasteiger partial charge is 0.467 e. The molecule has 12 heteroatoms. The van der Waals surface area contributed by atoms with E-state index >= 15 is 4.39 Å². The van der Waals surface area contributed by atoms with Crippen molar-refractivity contribution >= 4 is 45.0 Å². The highest BCUT2D eigenvalue weighted by Crippen LogP contribution is 2.39. The van der Waals surface area contributed by atoms with Gasteiger partial charge in [0.1, 0.15) is 22.6 Å². The molecule has 1 amide bonds. The molecular weight excluding hydrogens is 599 g/mol. The van der Waals surface area contributed by atoms with Gasteiger partial charge in [0.05, 0.1) is 37.9 Å². The van der Waals surface area contributed by atoms with E-state index in [0.717, 1.165) is 36.8 Å². The topological polar surface area (TPSA) is 93.2 Å². The molecular formula is C33H32ClFN6O4. The molecule has 1 spiro atoms. The number of piperidine rings is 1. The second-order valence-corrected chi connectivity index (χ2v) is 12.6. The molecule has 2 atom stereocenters. The first kappa shape index (κ1) is 28.6. The van der Waals surface area contributed by atoms with Crippen LogP contribution in [0.3, 0.4) is 0 Å². The molecule has 45 heavy (non-hydrogen) atoms. The number of methoxy groups -OCH3 is 1. The quantitative estimate of drug-likeness (QED) is 0.292. The van der Waals surface area contributed by atoms with Crippen LogP contribution in [0.4, 0.5) is 10.2 Å². The molecule has 5 aliphatic rings. The van der Waals surface area contributed by atoms with Crippen molar-refractivity contribution in [3.63, 3.8) is 0 Å². The van der Waals surface area contributed by atoms with E-state index in [1.807, 2.05) is 35.2 Å². The molecule has 0 saturated carbocycles. The van der Waals surface area contributed by atoms with Crippen LogP contribution in [0.15, 0.2) is 54.7 Å². The summed E-state index contributed by atoms with van der Waals surface area (Å²) in [5.74, 6) is -0.113. The lowest BCUT2D eigenvalue weighted by atomic mass is 9.91. The van der Waals surface area contributed by atoms with E-state index in [1.165, 1.54) is 7.11 Å². The first-order chi connectivity index (χ1) is 21.9. The van der Waals surface area contributed by atoms with Crippen LogP contribution in [0.1, 0.15) is 6.42 Å². The van der Waals surface area contributed by atoms with Gasteiger partial charge in [-0.2, -0.15) is 9.97 Å². The minimum Gasteiger partial charge on any atom is -0.467 e. The van der Waals surface area contributed by atoms with Crippen LogP contribution >= 0.6 is 11.6 Å². The van der Waals surface area contributed by atoms with Crippen molar-refractivity contribution in [1.82, 2.24) is 24.8 Å². The van der Waals surface area contributed by atoms with Gasteiger partial charge in [-0.3, -0.25) is 14.7 Å². The molecule has 5 fully saturated rings. The van der Waals surface area contributed by atoms with Crippen LogP contribution in [0, 0.1) is 5.82 Å². The zero-order chi connectivity index (χ0) is 30.7. The number of pyridine rings is 1. The van der Waals surface area contributed by atoms with Crippen LogP contribution in [0.25, 0.3) is 32.9 Å². The van der Waals surface area contributed by atoms with Gasteiger partial charge in [0.2, 0.25) is 5.91 Å². The maximum Gasteiger partial charge on any atom is 0.318 e. The fourth-order valence-corrected chi connectivity index (χ4v) is 7.39. The van der Waals surface area contributed by atoms with Crippen molar-refractivity contribution in [3.8, 4) is 17.3 Å². The normalized spacial score (nSPS) is 22.6. The average Bonchev–Trinajstić information content (AvgIpc) is 3.03. The van der Waals surface area contributed by atoms with Crippen molar-refractivity contribution in [2.75, 3.05) is 64.5 Å². The van der Waals surface area contributed by atoms with Crippen LogP contribution < -0.4 is 9.64 Å². The highest BCUT2D eigenvalue weighted by molar-refractivity contribution is 6.36. The number of amides is 1. The first-order valence-electron chi connectivity index (χ1n) is 15.2. The average molecular weight is 631 g/mol. The SMILES string of the molecule is COc1nc(N2CCN(C(=O)/C=C/CN3CC4CC(C3)O4)C3(COC3)C2)c2cnc(-c3cccc4cccc(Cl)c34)c(F)c2n1. The Morgan fingerprint density at radius 2 is 1.93 bits per heavy atom. The van der Waals surface area contributed by atoms with Crippen molar-refractivity contribution in [2.45, 2.75) is 24.2 Å². The Balaban J connectivity index is 1.08. The maximum atomic E-state index is 16.4. The number of carbonyl (C=O) groups is 1. The van der Waals surface area contributed by atoms with E-state index in [0.29, 0.717) is 66.8 Å². The number of halogens is 2. The number of piperazine rings is 1. The van der Waals surface area contributed by atoms with Gasteiger partial charge in [0.15, 0.2) is 5.82 Å². The number of rotatable bonds is 6. The minimum absolute atomic E-state index is 0.0346. The lowest BCUT2D eigenvalue weighted by molar-refractivity contribution is -0.178. The van der Waals surface area contributed by atoms with Crippen molar-refractivity contribution in [3.05, 3.63) is 65.6 Å². The molecule has 9 rings (SSSR count). The molecule has 4 aromatic rings. The number of nitrogens with zero attached hydrogens (tertiary/aromatic N) is 6. The van der Waals surface area contributed by atoms with Crippen molar-refractivity contribution in [1.29, 1.82) is 0 Å². The summed E-state index contributed by atoms with van der Waals surface area (Å²) in [6, 6.07) is 11.2. The molecule has 232 valence electrons. The number of fused-ring (bicyclic) bond motifs is 4. The number of ether oxygens (including phenoxy) is 3. The third-order valence-electron chi connectivity index (χ3n) is 9.35. The maximum absolute atomic E-state index is 16.4. The first-order valence-corrected chi connectivity index (χ1v) is 15.6. The van der Waals surface area contributed by atoms with Gasteiger partial charge < -0.3 is 24.0 Å². The molecule has 5 saturated heterocycles. The van der Waals surface area contributed by atoms with Gasteiger partial charge >= 0.3 is 6.01 Å². The molecule has 0 radical (unpaired) electrons. The number of aromatic nitrogens is 3. The Morgan fingerprint density at radius 1 is 1.16 bits per heavy atom. The molecule has 10 nitrogen and oxygen atoms in total. The Hall–Kier alpha value is -3.90. The minimum atomic E-state index is -0.583. The molecule has 7 heterocycles. The summed E-state index contributed by atoms with van der Waals surface area (Å²) in [6.45, 7) is 4.79. The van der Waals surface area contributed by atoms with Gasteiger partial charge in [-0.15, -0.1) is 0 Å². The molecule has 2 aromatic carbocycles. The zero-order valence-corrected chi connectivity index (χ0v) is 25.5. The van der Waals surface area contributed by atoms with Crippen LogP contribution in [0.5, 0.6) is 6.01 Å². The summed E-state index contributed by atoms with van der Waals surface area (Å²) in [6.07, 6.45) is 7.05. The molecule has 2 unspecified atom stereocenters. The number of morpholine rings is 1. The van der Waals surface area contributed by atoms with Gasteiger partial charge in [0.25, 0.3) is 0 Å². The van der Waals surface area contributed by atoms with E-state index < -0.39 is 11.4 Å². The number of hydrogen-bond donors (Lipinski definition) is 0. The molecule has 5 aliphatic heterocycles. The lowest BCUT2D eigenvalue weighted by Gasteiger charge is -2.55. The Morgan fingerprint density at radius 3 is 2.67 bits per heavy atom. The van der Waals surface area contributed by atoms with Crippen LogP contribution in [-0.2, 0) is 14.3 Å². The van der Waals surface area contributed by atoms with E-state index in [1.54, 1.807) is 24.4 Å².